The summed E-state index contributed by atoms with van der Waals surface area (Å²) in [6.45, 7) is 6.50. The van der Waals surface area contributed by atoms with Crippen molar-refractivity contribution in [2.75, 3.05) is 25.7 Å². The van der Waals surface area contributed by atoms with E-state index in [1.807, 2.05) is 62.1 Å². The summed E-state index contributed by atoms with van der Waals surface area (Å²) < 4.78 is 14.9. The van der Waals surface area contributed by atoms with Crippen molar-refractivity contribution >= 4 is 29.9 Å². The molecule has 7 heteroatoms. The second kappa shape index (κ2) is 15.7. The van der Waals surface area contributed by atoms with Crippen molar-refractivity contribution < 1.29 is 28.6 Å². The number of aldehydes is 1. The van der Waals surface area contributed by atoms with Crippen molar-refractivity contribution in [3.63, 3.8) is 0 Å². The summed E-state index contributed by atoms with van der Waals surface area (Å²) in [7, 11) is 3.04. The van der Waals surface area contributed by atoms with Crippen LogP contribution in [0, 0.1) is 5.92 Å². The van der Waals surface area contributed by atoms with E-state index in [0.29, 0.717) is 18.6 Å². The molecule has 0 spiro atoms. The summed E-state index contributed by atoms with van der Waals surface area (Å²) in [5.41, 5.74) is 2.60. The van der Waals surface area contributed by atoms with Crippen LogP contribution in [0.5, 0.6) is 5.75 Å². The fourth-order valence-corrected chi connectivity index (χ4v) is 3.90. The Morgan fingerprint density at radius 2 is 1.66 bits per heavy atom. The molecule has 0 heterocycles. The predicted molar refractivity (Wildman–Crippen MR) is 150 cm³/mol. The fourth-order valence-electron chi connectivity index (χ4n) is 3.90. The molecule has 0 saturated heterocycles. The molecule has 38 heavy (non-hydrogen) atoms. The molecule has 7 nitrogen and oxygen atoms in total. The highest BCUT2D eigenvalue weighted by atomic mass is 16.5. The van der Waals surface area contributed by atoms with Gasteiger partial charge in [-0.05, 0) is 75.1 Å². The maximum absolute atomic E-state index is 13.5. The molecule has 1 fully saturated rings. The number of ether oxygens (including phenoxy) is 3. The van der Waals surface area contributed by atoms with E-state index in [1.54, 1.807) is 25.3 Å². The van der Waals surface area contributed by atoms with E-state index in [9.17, 15) is 14.4 Å². The van der Waals surface area contributed by atoms with E-state index in [1.165, 1.54) is 19.6 Å². The van der Waals surface area contributed by atoms with Gasteiger partial charge in [0.25, 0.3) is 0 Å². The first kappa shape index (κ1) is 30.8. The van der Waals surface area contributed by atoms with Gasteiger partial charge in [-0.3, -0.25) is 9.59 Å². The molecule has 2 aromatic carbocycles. The van der Waals surface area contributed by atoms with E-state index in [-0.39, 0.29) is 24.0 Å². The number of hydrogen-bond donors (Lipinski definition) is 0. The Hall–Kier alpha value is -3.45. The van der Waals surface area contributed by atoms with Gasteiger partial charge in [-0.2, -0.15) is 0 Å². The number of nitrogens with zero attached hydrogens (tertiary/aromatic N) is 1. The summed E-state index contributed by atoms with van der Waals surface area (Å²) >= 11 is 0. The first-order valence-electron chi connectivity index (χ1n) is 13.0. The summed E-state index contributed by atoms with van der Waals surface area (Å²) in [5, 5.41) is 0. The van der Waals surface area contributed by atoms with E-state index in [0.717, 1.165) is 42.5 Å². The minimum absolute atomic E-state index is 0.0114. The Kier molecular flexibility index (Phi) is 12.7. The first-order chi connectivity index (χ1) is 18.2. The average Bonchev–Trinajstić information content (AvgIpc) is 2.94. The highest BCUT2D eigenvalue weighted by molar-refractivity contribution is 5.95. The SMILES string of the molecule is COC(=O)/C=C/c1cccc(N(Cc2ccc(OCC=O)cc2)C(=O)C2CCCCC2)c1.COC(C)(C)C. The largest absolute Gasteiger partial charge is 0.486 e. The van der Waals surface area contributed by atoms with Crippen LogP contribution in [0.3, 0.4) is 0 Å². The lowest BCUT2D eigenvalue weighted by molar-refractivity contribution is -0.134. The molecule has 0 N–H and O–H groups in total. The first-order valence-corrected chi connectivity index (χ1v) is 13.0. The van der Waals surface area contributed by atoms with Crippen molar-refractivity contribution in [2.45, 2.75) is 65.0 Å². The zero-order valence-electron chi connectivity index (χ0n) is 23.3. The standard InChI is InChI=1S/C26H29NO5.C5H12O/c1-31-25(29)15-12-20-6-5-9-23(18-20)27(26(30)22-7-3-2-4-8-22)19-21-10-13-24(14-11-21)32-17-16-28;1-5(2,3)6-4/h5-6,9-16,18,22H,2-4,7-8,17,19H2,1H3;1-4H3/b15-12+;. The smallest absolute Gasteiger partial charge is 0.330 e. The van der Waals surface area contributed by atoms with Gasteiger partial charge in [0.2, 0.25) is 5.91 Å². The third-order valence-electron chi connectivity index (χ3n) is 6.21. The topological polar surface area (TPSA) is 82.1 Å². The van der Waals surface area contributed by atoms with E-state index in [4.69, 9.17) is 9.47 Å². The van der Waals surface area contributed by atoms with Crippen molar-refractivity contribution in [3.8, 4) is 5.75 Å². The lowest BCUT2D eigenvalue weighted by Crippen LogP contribution is -2.36. The normalized spacial score (nSPS) is 13.8. The van der Waals surface area contributed by atoms with Gasteiger partial charge in [0.1, 0.15) is 12.4 Å². The molecule has 0 aromatic heterocycles. The molecule has 1 aliphatic carbocycles. The van der Waals surface area contributed by atoms with Crippen LogP contribution in [0.1, 0.15) is 64.0 Å². The van der Waals surface area contributed by atoms with Gasteiger partial charge in [-0.25, -0.2) is 4.79 Å². The van der Waals surface area contributed by atoms with Gasteiger partial charge in [-0.1, -0.05) is 43.5 Å². The van der Waals surface area contributed by atoms with E-state index >= 15 is 0 Å². The number of carbonyl (C=O) groups excluding carboxylic acids is 3. The molecule has 0 bridgehead atoms. The van der Waals surface area contributed by atoms with Crippen LogP contribution in [-0.2, 0) is 30.4 Å². The van der Waals surface area contributed by atoms with Gasteiger partial charge in [0, 0.05) is 24.8 Å². The molecule has 1 amide bonds. The predicted octanol–water partition coefficient (Wildman–Crippen LogP) is 6.00. The van der Waals surface area contributed by atoms with Gasteiger partial charge < -0.3 is 19.1 Å². The van der Waals surface area contributed by atoms with Crippen molar-refractivity contribution in [3.05, 3.63) is 65.7 Å². The number of amides is 1. The third kappa shape index (κ3) is 10.9. The number of carbonyl (C=O) groups is 3. The minimum atomic E-state index is -0.428. The van der Waals surface area contributed by atoms with Crippen LogP contribution >= 0.6 is 0 Å². The maximum atomic E-state index is 13.5. The quantitative estimate of drug-likeness (QED) is 0.228. The molecule has 2 aromatic rings. The second-order valence-electron chi connectivity index (χ2n) is 10.1. The van der Waals surface area contributed by atoms with Gasteiger partial charge in [0.15, 0.2) is 6.29 Å². The van der Waals surface area contributed by atoms with Crippen LogP contribution in [-0.4, -0.2) is 44.6 Å². The number of anilines is 1. The molecule has 1 saturated carbocycles. The van der Waals surface area contributed by atoms with E-state index < -0.39 is 5.97 Å². The highest BCUT2D eigenvalue weighted by Gasteiger charge is 2.27. The second-order valence-corrected chi connectivity index (χ2v) is 10.1. The number of benzene rings is 2. The van der Waals surface area contributed by atoms with Gasteiger partial charge in [-0.15, -0.1) is 0 Å². The summed E-state index contributed by atoms with van der Waals surface area (Å²) in [4.78, 5) is 37.3. The van der Waals surface area contributed by atoms with Crippen LogP contribution in [0.2, 0.25) is 0 Å². The number of esters is 1. The summed E-state index contributed by atoms with van der Waals surface area (Å²) in [6.07, 6.45) is 8.91. The molecular weight excluding hydrogens is 482 g/mol. The Labute approximate surface area is 226 Å². The fraction of sp³-hybridized carbons (Fsp3) is 0.452. The molecule has 206 valence electrons. The Morgan fingerprint density at radius 3 is 2.24 bits per heavy atom. The van der Waals surface area contributed by atoms with Gasteiger partial charge in [0.05, 0.1) is 19.3 Å². The van der Waals surface area contributed by atoms with Crippen LogP contribution in [0.4, 0.5) is 5.69 Å². The minimum Gasteiger partial charge on any atom is -0.486 e. The Morgan fingerprint density at radius 1 is 1.00 bits per heavy atom. The van der Waals surface area contributed by atoms with E-state index in [2.05, 4.69) is 4.74 Å². The number of hydrogen-bond acceptors (Lipinski definition) is 6. The zero-order valence-corrected chi connectivity index (χ0v) is 23.3. The molecule has 1 aliphatic rings. The van der Waals surface area contributed by atoms with Crippen LogP contribution < -0.4 is 9.64 Å². The zero-order chi connectivity index (χ0) is 28.0. The van der Waals surface area contributed by atoms with Gasteiger partial charge >= 0.3 is 5.97 Å². The molecule has 0 aliphatic heterocycles. The monoisotopic (exact) mass is 523 g/mol. The van der Waals surface area contributed by atoms with Crippen molar-refractivity contribution in [1.29, 1.82) is 0 Å². The molecular formula is C31H41NO6. The third-order valence-corrected chi connectivity index (χ3v) is 6.21. The molecule has 0 radical (unpaired) electrons. The summed E-state index contributed by atoms with van der Waals surface area (Å²) in [6, 6.07) is 15.0. The number of methoxy groups -OCH3 is 2. The Balaban J connectivity index is 0.000000757. The maximum Gasteiger partial charge on any atom is 0.330 e. The van der Waals surface area contributed by atoms with Crippen molar-refractivity contribution in [1.82, 2.24) is 0 Å². The van der Waals surface area contributed by atoms with Crippen LogP contribution in [0.25, 0.3) is 6.08 Å². The Bertz CT molecular complexity index is 1050. The lowest BCUT2D eigenvalue weighted by atomic mass is 9.88. The molecule has 0 unspecified atom stereocenters. The summed E-state index contributed by atoms with van der Waals surface area (Å²) in [5.74, 6) is 0.330. The number of rotatable bonds is 9. The average molecular weight is 524 g/mol. The lowest BCUT2D eigenvalue weighted by Gasteiger charge is -2.30. The highest BCUT2D eigenvalue weighted by Crippen LogP contribution is 2.29. The van der Waals surface area contributed by atoms with Crippen molar-refractivity contribution in [2.24, 2.45) is 5.92 Å². The molecule has 3 rings (SSSR count). The molecule has 0 atom stereocenters. The van der Waals surface area contributed by atoms with Crippen LogP contribution in [0.15, 0.2) is 54.6 Å².